The molecule has 0 unspecified atom stereocenters. The van der Waals surface area contributed by atoms with Crippen LogP contribution in [0.3, 0.4) is 0 Å². The average molecular weight is 281 g/mol. The molecule has 0 aliphatic rings. The van der Waals surface area contributed by atoms with E-state index < -0.39 is 11.7 Å². The van der Waals surface area contributed by atoms with E-state index in [1.54, 1.807) is 24.3 Å². The maximum atomic E-state index is 12.7. The third-order valence-corrected chi connectivity index (χ3v) is 3.05. The lowest BCUT2D eigenvalue weighted by atomic mass is 9.96. The Labute approximate surface area is 115 Å². The van der Waals surface area contributed by atoms with Crippen LogP contribution in [0.5, 0.6) is 5.75 Å². The molecule has 0 atom stereocenters. The third-order valence-electron chi connectivity index (χ3n) is 3.05. The van der Waals surface area contributed by atoms with Gasteiger partial charge in [-0.1, -0.05) is 24.3 Å². The van der Waals surface area contributed by atoms with Gasteiger partial charge in [0.05, 0.1) is 12.7 Å². The smallest absolute Gasteiger partial charge is 0.416 e. The molecule has 0 amide bonds. The highest BCUT2D eigenvalue weighted by Crippen LogP contribution is 2.36. The predicted molar refractivity (Wildman–Crippen MR) is 71.3 cm³/mol. The second-order valence-corrected chi connectivity index (χ2v) is 4.27. The van der Waals surface area contributed by atoms with Gasteiger partial charge in [0.15, 0.2) is 0 Å². The highest BCUT2D eigenvalue weighted by Gasteiger charge is 2.31. The summed E-state index contributed by atoms with van der Waals surface area (Å²) in [6.07, 6.45) is -4.37. The molecule has 0 saturated carbocycles. The lowest BCUT2D eigenvalue weighted by Gasteiger charge is -2.14. The lowest BCUT2D eigenvalue weighted by Crippen LogP contribution is -2.08. The average Bonchev–Trinajstić information content (AvgIpc) is 2.45. The predicted octanol–water partition coefficient (Wildman–Crippen LogP) is 3.84. The number of benzene rings is 2. The Balaban J connectivity index is 2.58. The highest BCUT2D eigenvalue weighted by molar-refractivity contribution is 5.73. The van der Waals surface area contributed by atoms with Crippen LogP contribution in [0.15, 0.2) is 42.5 Å². The molecule has 2 aromatic rings. The fourth-order valence-electron chi connectivity index (χ4n) is 2.07. The van der Waals surface area contributed by atoms with Crippen molar-refractivity contribution in [3.05, 3.63) is 53.6 Å². The van der Waals surface area contributed by atoms with Crippen LogP contribution < -0.4 is 10.5 Å². The summed E-state index contributed by atoms with van der Waals surface area (Å²) < 4.78 is 43.4. The molecular formula is C15H14F3NO. The van der Waals surface area contributed by atoms with Gasteiger partial charge in [-0.05, 0) is 29.3 Å². The number of alkyl halides is 3. The zero-order valence-electron chi connectivity index (χ0n) is 10.9. The molecular weight excluding hydrogens is 267 g/mol. The summed E-state index contributed by atoms with van der Waals surface area (Å²) in [6.45, 7) is 0.0251. The molecule has 0 spiro atoms. The molecule has 20 heavy (non-hydrogen) atoms. The molecule has 2 rings (SSSR count). The molecule has 0 heterocycles. The summed E-state index contributed by atoms with van der Waals surface area (Å²) in [7, 11) is 1.52. The van der Waals surface area contributed by atoms with Crippen molar-refractivity contribution in [2.24, 2.45) is 5.73 Å². The lowest BCUT2D eigenvalue weighted by molar-refractivity contribution is -0.137. The summed E-state index contributed by atoms with van der Waals surface area (Å²) in [5.41, 5.74) is 6.70. The zero-order chi connectivity index (χ0) is 14.8. The van der Waals surface area contributed by atoms with E-state index in [1.165, 1.54) is 13.2 Å². The van der Waals surface area contributed by atoms with Crippen molar-refractivity contribution in [3.63, 3.8) is 0 Å². The monoisotopic (exact) mass is 281 g/mol. The number of para-hydroxylation sites is 1. The molecule has 2 nitrogen and oxygen atoms in total. The Hall–Kier alpha value is -2.01. The molecule has 2 aromatic carbocycles. The topological polar surface area (TPSA) is 35.2 Å². The van der Waals surface area contributed by atoms with Gasteiger partial charge in [-0.2, -0.15) is 13.2 Å². The van der Waals surface area contributed by atoms with Crippen molar-refractivity contribution in [1.29, 1.82) is 0 Å². The zero-order valence-corrected chi connectivity index (χ0v) is 10.9. The first kappa shape index (κ1) is 14.4. The molecule has 0 bridgehead atoms. The van der Waals surface area contributed by atoms with E-state index >= 15 is 0 Å². The number of ether oxygens (including phenoxy) is 1. The summed E-state index contributed by atoms with van der Waals surface area (Å²) in [5, 5.41) is 0. The van der Waals surface area contributed by atoms with E-state index in [0.717, 1.165) is 17.7 Å². The summed E-state index contributed by atoms with van der Waals surface area (Å²) in [5.74, 6) is 0.599. The minimum atomic E-state index is -4.37. The Morgan fingerprint density at radius 3 is 2.35 bits per heavy atom. The first-order valence-electron chi connectivity index (χ1n) is 6.01. The molecule has 0 fully saturated rings. The van der Waals surface area contributed by atoms with Crippen molar-refractivity contribution >= 4 is 0 Å². The first-order chi connectivity index (χ1) is 9.47. The molecule has 0 saturated heterocycles. The van der Waals surface area contributed by atoms with Crippen LogP contribution in [0.1, 0.15) is 11.1 Å². The van der Waals surface area contributed by atoms with Gasteiger partial charge in [0, 0.05) is 12.1 Å². The van der Waals surface area contributed by atoms with Crippen LogP contribution in [-0.4, -0.2) is 7.11 Å². The Bertz CT molecular complexity index is 608. The fourth-order valence-corrected chi connectivity index (χ4v) is 2.07. The molecule has 106 valence electrons. The number of nitrogens with two attached hydrogens (primary N) is 1. The van der Waals surface area contributed by atoms with Crippen LogP contribution in [0.25, 0.3) is 11.1 Å². The summed E-state index contributed by atoms with van der Waals surface area (Å²) >= 11 is 0. The van der Waals surface area contributed by atoms with E-state index in [9.17, 15) is 13.2 Å². The Morgan fingerprint density at radius 1 is 1.05 bits per heavy atom. The molecule has 0 aliphatic carbocycles. The van der Waals surface area contributed by atoms with E-state index in [-0.39, 0.29) is 6.54 Å². The number of rotatable bonds is 3. The summed E-state index contributed by atoms with van der Waals surface area (Å²) in [4.78, 5) is 0. The van der Waals surface area contributed by atoms with Crippen molar-refractivity contribution in [1.82, 2.24) is 0 Å². The van der Waals surface area contributed by atoms with Gasteiger partial charge in [0.2, 0.25) is 0 Å². The molecule has 0 aromatic heterocycles. The quantitative estimate of drug-likeness (QED) is 0.927. The van der Waals surface area contributed by atoms with E-state index in [1.807, 2.05) is 0 Å². The van der Waals surface area contributed by atoms with Crippen LogP contribution in [0, 0.1) is 0 Å². The van der Waals surface area contributed by atoms with Gasteiger partial charge in [-0.15, -0.1) is 0 Å². The van der Waals surface area contributed by atoms with Crippen LogP contribution in [-0.2, 0) is 12.7 Å². The largest absolute Gasteiger partial charge is 0.496 e. The van der Waals surface area contributed by atoms with Crippen LogP contribution in [0.2, 0.25) is 0 Å². The third kappa shape index (κ3) is 2.77. The normalized spacial score (nSPS) is 11.4. The van der Waals surface area contributed by atoms with Crippen LogP contribution in [0.4, 0.5) is 13.2 Å². The first-order valence-corrected chi connectivity index (χ1v) is 6.01. The van der Waals surface area contributed by atoms with Crippen molar-refractivity contribution in [2.75, 3.05) is 7.11 Å². The van der Waals surface area contributed by atoms with Crippen molar-refractivity contribution in [2.45, 2.75) is 12.7 Å². The maximum Gasteiger partial charge on any atom is 0.416 e. The van der Waals surface area contributed by atoms with Gasteiger partial charge in [0.25, 0.3) is 0 Å². The van der Waals surface area contributed by atoms with E-state index in [2.05, 4.69) is 0 Å². The van der Waals surface area contributed by atoms with Crippen molar-refractivity contribution < 1.29 is 17.9 Å². The minimum Gasteiger partial charge on any atom is -0.496 e. The van der Waals surface area contributed by atoms with Gasteiger partial charge in [-0.3, -0.25) is 0 Å². The van der Waals surface area contributed by atoms with Gasteiger partial charge >= 0.3 is 6.18 Å². The molecule has 0 radical (unpaired) electrons. The van der Waals surface area contributed by atoms with Gasteiger partial charge < -0.3 is 10.5 Å². The number of hydrogen-bond acceptors (Lipinski definition) is 2. The van der Waals surface area contributed by atoms with E-state index in [0.29, 0.717) is 16.9 Å². The highest BCUT2D eigenvalue weighted by atomic mass is 19.4. The minimum absolute atomic E-state index is 0.0251. The second-order valence-electron chi connectivity index (χ2n) is 4.27. The van der Waals surface area contributed by atoms with Gasteiger partial charge in [0.1, 0.15) is 5.75 Å². The Kier molecular flexibility index (Phi) is 3.99. The van der Waals surface area contributed by atoms with Crippen molar-refractivity contribution in [3.8, 4) is 16.9 Å². The fraction of sp³-hybridized carbons (Fsp3) is 0.200. The molecule has 2 N–H and O–H groups in total. The number of halogens is 3. The molecule has 5 heteroatoms. The van der Waals surface area contributed by atoms with Gasteiger partial charge in [-0.25, -0.2) is 0 Å². The second kappa shape index (κ2) is 5.54. The standard InChI is InChI=1S/C15H14F3NO/c1-20-14-5-3-2-4-13(14)12-7-6-11(15(16,17)18)8-10(12)9-19/h2-8H,9,19H2,1H3. The van der Waals surface area contributed by atoms with Crippen LogP contribution >= 0.6 is 0 Å². The molecule has 0 aliphatic heterocycles. The number of hydrogen-bond donors (Lipinski definition) is 1. The number of methoxy groups -OCH3 is 1. The van der Waals surface area contributed by atoms with E-state index in [4.69, 9.17) is 10.5 Å². The summed E-state index contributed by atoms with van der Waals surface area (Å²) in [6, 6.07) is 10.7. The SMILES string of the molecule is COc1ccccc1-c1ccc(C(F)(F)F)cc1CN. The Morgan fingerprint density at radius 2 is 1.75 bits per heavy atom. The maximum absolute atomic E-state index is 12.7.